The minimum absolute atomic E-state index is 0.136. The van der Waals surface area contributed by atoms with Gasteiger partial charge in [-0.3, -0.25) is 9.59 Å². The van der Waals surface area contributed by atoms with Gasteiger partial charge >= 0.3 is 6.16 Å². The Kier molecular flexibility index (Phi) is 5.75. The summed E-state index contributed by atoms with van der Waals surface area (Å²) < 4.78 is 14.8. The Balaban J connectivity index is 1.54. The Labute approximate surface area is 156 Å². The molecule has 8 heteroatoms. The molecule has 0 radical (unpaired) electrons. The van der Waals surface area contributed by atoms with Crippen LogP contribution >= 0.6 is 0 Å². The van der Waals surface area contributed by atoms with Gasteiger partial charge in [0.05, 0.1) is 12.9 Å². The highest BCUT2D eigenvalue weighted by Crippen LogP contribution is 2.16. The predicted octanol–water partition coefficient (Wildman–Crippen LogP) is 2.41. The first kappa shape index (κ1) is 18.5. The van der Waals surface area contributed by atoms with Crippen LogP contribution in [0.15, 0.2) is 47.1 Å². The third-order valence-electron chi connectivity index (χ3n) is 4.15. The minimum atomic E-state index is -0.783. The Morgan fingerprint density at radius 2 is 1.59 bits per heavy atom. The maximum absolute atomic E-state index is 12.6. The molecule has 2 heterocycles. The van der Waals surface area contributed by atoms with Gasteiger partial charge in [0.15, 0.2) is 5.76 Å². The molecule has 0 bridgehead atoms. The van der Waals surface area contributed by atoms with E-state index < -0.39 is 6.16 Å². The highest BCUT2D eigenvalue weighted by Gasteiger charge is 2.26. The van der Waals surface area contributed by atoms with Crippen LogP contribution in [0.3, 0.4) is 0 Å². The number of hydrogen-bond donors (Lipinski definition) is 0. The van der Waals surface area contributed by atoms with E-state index >= 15 is 0 Å². The van der Waals surface area contributed by atoms with Gasteiger partial charge in [-0.2, -0.15) is 0 Å². The zero-order chi connectivity index (χ0) is 19.2. The van der Waals surface area contributed by atoms with Crippen LogP contribution in [-0.2, 0) is 4.74 Å². The summed E-state index contributed by atoms with van der Waals surface area (Å²) in [7, 11) is 0. The van der Waals surface area contributed by atoms with E-state index in [1.54, 1.807) is 53.1 Å². The fraction of sp³-hybridized carbons (Fsp3) is 0.316. The second-order valence-electron chi connectivity index (χ2n) is 5.87. The number of nitrogens with zero attached hydrogens (tertiary/aromatic N) is 2. The van der Waals surface area contributed by atoms with Crippen molar-refractivity contribution in [2.24, 2.45) is 0 Å². The van der Waals surface area contributed by atoms with Crippen LogP contribution in [-0.4, -0.2) is 60.6 Å². The summed E-state index contributed by atoms with van der Waals surface area (Å²) in [5, 5.41) is 0. The van der Waals surface area contributed by atoms with Crippen molar-refractivity contribution in [3.63, 3.8) is 0 Å². The number of amides is 2. The molecule has 1 fully saturated rings. The zero-order valence-electron chi connectivity index (χ0n) is 14.9. The Morgan fingerprint density at radius 3 is 2.15 bits per heavy atom. The topological polar surface area (TPSA) is 89.3 Å². The highest BCUT2D eigenvalue weighted by atomic mass is 16.7. The predicted molar refractivity (Wildman–Crippen MR) is 94.6 cm³/mol. The van der Waals surface area contributed by atoms with Gasteiger partial charge in [-0.15, -0.1) is 0 Å². The van der Waals surface area contributed by atoms with Crippen LogP contribution < -0.4 is 4.74 Å². The van der Waals surface area contributed by atoms with E-state index in [-0.39, 0.29) is 18.4 Å². The van der Waals surface area contributed by atoms with Crippen molar-refractivity contribution in [2.45, 2.75) is 6.92 Å². The van der Waals surface area contributed by atoms with Crippen LogP contribution in [0.2, 0.25) is 0 Å². The van der Waals surface area contributed by atoms with Gasteiger partial charge in [0.2, 0.25) is 0 Å². The monoisotopic (exact) mass is 372 g/mol. The third kappa shape index (κ3) is 4.46. The van der Waals surface area contributed by atoms with Crippen molar-refractivity contribution in [3.05, 3.63) is 54.0 Å². The molecule has 0 N–H and O–H groups in total. The van der Waals surface area contributed by atoms with Crippen LogP contribution in [0, 0.1) is 0 Å². The molecule has 1 aliphatic heterocycles. The van der Waals surface area contributed by atoms with Gasteiger partial charge in [-0.1, -0.05) is 0 Å². The molecule has 1 aliphatic rings. The summed E-state index contributed by atoms with van der Waals surface area (Å²) in [6.07, 6.45) is 0.677. The quantitative estimate of drug-likeness (QED) is 0.605. The fourth-order valence-electron chi connectivity index (χ4n) is 2.76. The molecule has 2 aromatic rings. The number of hydrogen-bond acceptors (Lipinski definition) is 6. The minimum Gasteiger partial charge on any atom is -0.459 e. The van der Waals surface area contributed by atoms with Gasteiger partial charge in [0.1, 0.15) is 5.75 Å². The Bertz CT molecular complexity index is 792. The molecule has 8 nitrogen and oxygen atoms in total. The summed E-state index contributed by atoms with van der Waals surface area (Å²) in [6.45, 7) is 3.66. The van der Waals surface area contributed by atoms with E-state index in [4.69, 9.17) is 13.9 Å². The van der Waals surface area contributed by atoms with E-state index in [0.29, 0.717) is 43.3 Å². The van der Waals surface area contributed by atoms with Crippen LogP contribution in [0.5, 0.6) is 5.75 Å². The number of ether oxygens (including phenoxy) is 2. The van der Waals surface area contributed by atoms with E-state index in [1.165, 1.54) is 6.26 Å². The summed E-state index contributed by atoms with van der Waals surface area (Å²) in [5.41, 5.74) is 0.483. The lowest BCUT2D eigenvalue weighted by Crippen LogP contribution is -2.50. The zero-order valence-corrected chi connectivity index (χ0v) is 14.9. The molecule has 1 saturated heterocycles. The molecule has 27 heavy (non-hydrogen) atoms. The highest BCUT2D eigenvalue weighted by molar-refractivity contribution is 5.95. The van der Waals surface area contributed by atoms with Gasteiger partial charge in [-0.25, -0.2) is 4.79 Å². The van der Waals surface area contributed by atoms with Crippen molar-refractivity contribution in [1.29, 1.82) is 0 Å². The lowest BCUT2D eigenvalue weighted by atomic mass is 10.1. The first-order valence-corrected chi connectivity index (χ1v) is 8.65. The van der Waals surface area contributed by atoms with Crippen LogP contribution in [0.1, 0.15) is 27.8 Å². The smallest absolute Gasteiger partial charge is 0.459 e. The molecule has 1 aromatic carbocycles. The lowest BCUT2D eigenvalue weighted by Gasteiger charge is -2.34. The van der Waals surface area contributed by atoms with E-state index in [1.807, 2.05) is 0 Å². The summed E-state index contributed by atoms with van der Waals surface area (Å²) in [6, 6.07) is 9.57. The molecule has 0 saturated carbocycles. The standard InChI is InChI=1S/C19H20N2O6/c1-2-25-19(24)27-15-7-5-14(6-8-15)17(22)20-9-11-21(12-10-20)18(23)16-4-3-13-26-16/h3-8,13H,2,9-12H2,1H3. The van der Waals surface area contributed by atoms with E-state index in [2.05, 4.69) is 0 Å². The Morgan fingerprint density at radius 1 is 0.963 bits per heavy atom. The number of piperazine rings is 1. The maximum atomic E-state index is 12.6. The SMILES string of the molecule is CCOC(=O)Oc1ccc(C(=O)N2CCN(C(=O)c3ccco3)CC2)cc1. The molecular formula is C19H20N2O6. The first-order valence-electron chi connectivity index (χ1n) is 8.65. The summed E-state index contributed by atoms with van der Waals surface area (Å²) in [5.74, 6) is 0.293. The second kappa shape index (κ2) is 8.39. The molecule has 142 valence electrons. The van der Waals surface area contributed by atoms with Crippen molar-refractivity contribution >= 4 is 18.0 Å². The van der Waals surface area contributed by atoms with Gasteiger partial charge in [0, 0.05) is 31.7 Å². The fourth-order valence-corrected chi connectivity index (χ4v) is 2.76. The van der Waals surface area contributed by atoms with E-state index in [9.17, 15) is 14.4 Å². The molecule has 0 spiro atoms. The molecular weight excluding hydrogens is 352 g/mol. The van der Waals surface area contributed by atoms with Gasteiger partial charge in [0.25, 0.3) is 11.8 Å². The molecule has 0 aliphatic carbocycles. The number of carbonyl (C=O) groups is 3. The normalized spacial score (nSPS) is 14.0. The van der Waals surface area contributed by atoms with E-state index in [0.717, 1.165) is 0 Å². The third-order valence-corrected chi connectivity index (χ3v) is 4.15. The molecule has 0 unspecified atom stereocenters. The van der Waals surface area contributed by atoms with Crippen molar-refractivity contribution in [2.75, 3.05) is 32.8 Å². The van der Waals surface area contributed by atoms with Crippen molar-refractivity contribution < 1.29 is 28.3 Å². The van der Waals surface area contributed by atoms with Gasteiger partial charge in [-0.05, 0) is 43.3 Å². The molecule has 1 aromatic heterocycles. The molecule has 0 atom stereocenters. The number of rotatable bonds is 4. The maximum Gasteiger partial charge on any atom is 0.513 e. The average Bonchev–Trinajstić information content (AvgIpc) is 3.22. The number of carbonyl (C=O) groups excluding carboxylic acids is 3. The summed E-state index contributed by atoms with van der Waals surface area (Å²) in [4.78, 5) is 39.5. The average molecular weight is 372 g/mol. The van der Waals surface area contributed by atoms with Crippen LogP contribution in [0.25, 0.3) is 0 Å². The lowest BCUT2D eigenvalue weighted by molar-refractivity contribution is 0.0518. The second-order valence-corrected chi connectivity index (χ2v) is 5.87. The van der Waals surface area contributed by atoms with Gasteiger partial charge < -0.3 is 23.7 Å². The summed E-state index contributed by atoms with van der Waals surface area (Å²) >= 11 is 0. The van der Waals surface area contributed by atoms with Crippen molar-refractivity contribution in [1.82, 2.24) is 9.80 Å². The Hall–Kier alpha value is -3.29. The largest absolute Gasteiger partial charge is 0.513 e. The first-order chi connectivity index (χ1) is 13.1. The molecule has 3 rings (SSSR count). The molecule has 2 amide bonds. The van der Waals surface area contributed by atoms with Crippen LogP contribution in [0.4, 0.5) is 4.79 Å². The van der Waals surface area contributed by atoms with Crippen molar-refractivity contribution in [3.8, 4) is 5.75 Å². The number of benzene rings is 1. The number of furan rings is 1.